The van der Waals surface area contributed by atoms with Gasteiger partial charge < -0.3 is 9.15 Å². The van der Waals surface area contributed by atoms with Crippen LogP contribution in [-0.2, 0) is 14.6 Å². The highest BCUT2D eigenvalue weighted by molar-refractivity contribution is 7.92. The van der Waals surface area contributed by atoms with E-state index in [-0.39, 0.29) is 23.4 Å². The van der Waals surface area contributed by atoms with Crippen molar-refractivity contribution >= 4 is 21.8 Å². The molecule has 29 heavy (non-hydrogen) atoms. The molecule has 0 bridgehead atoms. The van der Waals surface area contributed by atoms with Crippen molar-refractivity contribution in [2.75, 3.05) is 11.9 Å². The molecule has 1 heterocycles. The zero-order valence-corrected chi connectivity index (χ0v) is 17.1. The van der Waals surface area contributed by atoms with E-state index in [4.69, 9.17) is 9.15 Å². The molecular weight excluding hydrogens is 394 g/mol. The lowest BCUT2D eigenvalue weighted by atomic mass is 10.2. The van der Waals surface area contributed by atoms with Gasteiger partial charge in [-0.05, 0) is 56.7 Å². The molecule has 1 aromatic heterocycles. The normalized spacial score (nSPS) is 11.4. The van der Waals surface area contributed by atoms with E-state index in [2.05, 4.69) is 15.5 Å². The number of aromatic nitrogens is 2. The maximum Gasteiger partial charge on any atom is 0.322 e. The Hall–Kier alpha value is -3.20. The van der Waals surface area contributed by atoms with Gasteiger partial charge in [-0.15, -0.1) is 5.10 Å². The van der Waals surface area contributed by atoms with Crippen LogP contribution in [0.5, 0.6) is 5.75 Å². The first kappa shape index (κ1) is 20.5. The second-order valence-electron chi connectivity index (χ2n) is 6.63. The van der Waals surface area contributed by atoms with Crippen molar-refractivity contribution in [1.29, 1.82) is 0 Å². The number of nitrogens with zero attached hydrogens (tertiary/aromatic N) is 2. The van der Waals surface area contributed by atoms with E-state index < -0.39 is 21.0 Å². The molecule has 152 valence electrons. The van der Waals surface area contributed by atoms with Gasteiger partial charge in [-0.2, -0.15) is 0 Å². The lowest BCUT2D eigenvalue weighted by Crippen LogP contribution is -2.20. The van der Waals surface area contributed by atoms with Gasteiger partial charge in [-0.25, -0.2) is 8.42 Å². The smallest absolute Gasteiger partial charge is 0.322 e. The molecule has 1 amide bonds. The molecule has 1 N–H and O–H groups in total. The number of anilines is 1. The van der Waals surface area contributed by atoms with Gasteiger partial charge in [0.25, 0.3) is 5.91 Å². The predicted octanol–water partition coefficient (Wildman–Crippen LogP) is 3.24. The van der Waals surface area contributed by atoms with E-state index in [0.717, 1.165) is 5.56 Å². The SMILES string of the molecule is Cc1ccccc1OCC(=O)Nc1nnc(-c2ccc(S(=O)(=O)C(C)C)cc2)o1. The number of carbonyl (C=O) groups excluding carboxylic acids is 1. The monoisotopic (exact) mass is 415 g/mol. The van der Waals surface area contributed by atoms with Gasteiger partial charge in [0.05, 0.1) is 10.1 Å². The topological polar surface area (TPSA) is 111 Å². The van der Waals surface area contributed by atoms with Gasteiger partial charge >= 0.3 is 6.01 Å². The number of benzene rings is 2. The summed E-state index contributed by atoms with van der Waals surface area (Å²) in [6.45, 7) is 4.93. The Morgan fingerprint density at radius 3 is 2.45 bits per heavy atom. The zero-order valence-electron chi connectivity index (χ0n) is 16.2. The molecule has 0 radical (unpaired) electrons. The summed E-state index contributed by atoms with van der Waals surface area (Å²) in [6, 6.07) is 13.4. The standard InChI is InChI=1S/C20H21N3O5S/c1-13(2)29(25,26)16-10-8-15(9-11-16)19-22-23-20(28-19)21-18(24)12-27-17-7-5-4-6-14(17)3/h4-11,13H,12H2,1-3H3,(H,21,23,24). The van der Waals surface area contributed by atoms with E-state index >= 15 is 0 Å². The molecule has 0 unspecified atom stereocenters. The fourth-order valence-electron chi connectivity index (χ4n) is 2.47. The highest BCUT2D eigenvalue weighted by Gasteiger charge is 2.19. The zero-order chi connectivity index (χ0) is 21.0. The third kappa shape index (κ3) is 4.80. The third-order valence-corrected chi connectivity index (χ3v) is 6.34. The summed E-state index contributed by atoms with van der Waals surface area (Å²) >= 11 is 0. The van der Waals surface area contributed by atoms with Crippen LogP contribution < -0.4 is 10.1 Å². The Balaban J connectivity index is 1.63. The molecule has 0 saturated heterocycles. The second kappa shape index (κ2) is 8.44. The second-order valence-corrected chi connectivity index (χ2v) is 9.14. The first-order valence-electron chi connectivity index (χ1n) is 8.93. The Labute approximate surface area is 168 Å². The summed E-state index contributed by atoms with van der Waals surface area (Å²) in [4.78, 5) is 12.3. The number of ether oxygens (including phenoxy) is 1. The molecule has 0 aliphatic rings. The number of rotatable bonds is 7. The Morgan fingerprint density at radius 2 is 1.79 bits per heavy atom. The largest absolute Gasteiger partial charge is 0.483 e. The van der Waals surface area contributed by atoms with Crippen LogP contribution in [0, 0.1) is 6.92 Å². The van der Waals surface area contributed by atoms with Crippen molar-refractivity contribution < 1.29 is 22.4 Å². The van der Waals surface area contributed by atoms with Crippen LogP contribution in [0.15, 0.2) is 57.8 Å². The van der Waals surface area contributed by atoms with Crippen molar-refractivity contribution in [3.63, 3.8) is 0 Å². The summed E-state index contributed by atoms with van der Waals surface area (Å²) in [5.74, 6) is 0.334. The van der Waals surface area contributed by atoms with E-state index in [1.54, 1.807) is 32.0 Å². The van der Waals surface area contributed by atoms with Crippen molar-refractivity contribution in [2.45, 2.75) is 30.9 Å². The van der Waals surface area contributed by atoms with E-state index in [0.29, 0.717) is 11.3 Å². The fraction of sp³-hybridized carbons (Fsp3) is 0.250. The number of sulfone groups is 1. The van der Waals surface area contributed by atoms with Gasteiger partial charge in [0.15, 0.2) is 16.4 Å². The number of nitrogens with one attached hydrogen (secondary N) is 1. The molecule has 0 aliphatic carbocycles. The highest BCUT2D eigenvalue weighted by Crippen LogP contribution is 2.23. The Kier molecular flexibility index (Phi) is 5.97. The number of para-hydroxylation sites is 1. The van der Waals surface area contributed by atoms with Gasteiger partial charge in [0.1, 0.15) is 5.75 Å². The van der Waals surface area contributed by atoms with Gasteiger partial charge in [0.2, 0.25) is 5.89 Å². The molecule has 3 aromatic rings. The highest BCUT2D eigenvalue weighted by atomic mass is 32.2. The lowest BCUT2D eigenvalue weighted by Gasteiger charge is -2.08. The predicted molar refractivity (Wildman–Crippen MR) is 107 cm³/mol. The molecule has 0 spiro atoms. The Morgan fingerprint density at radius 1 is 1.10 bits per heavy atom. The Bertz CT molecular complexity index is 1110. The summed E-state index contributed by atoms with van der Waals surface area (Å²) in [6.07, 6.45) is 0. The van der Waals surface area contributed by atoms with E-state index in [1.807, 2.05) is 25.1 Å². The van der Waals surface area contributed by atoms with Gasteiger partial charge in [-0.3, -0.25) is 10.1 Å². The van der Waals surface area contributed by atoms with Crippen LogP contribution in [0.2, 0.25) is 0 Å². The van der Waals surface area contributed by atoms with Crippen LogP contribution in [0.25, 0.3) is 11.5 Å². The fourth-order valence-corrected chi connectivity index (χ4v) is 3.53. The number of carbonyl (C=O) groups is 1. The third-order valence-electron chi connectivity index (χ3n) is 4.17. The van der Waals surface area contributed by atoms with Crippen LogP contribution in [0.3, 0.4) is 0 Å². The van der Waals surface area contributed by atoms with E-state index in [1.165, 1.54) is 12.1 Å². The van der Waals surface area contributed by atoms with Crippen molar-refractivity contribution in [3.8, 4) is 17.2 Å². The number of hydrogen-bond acceptors (Lipinski definition) is 7. The van der Waals surface area contributed by atoms with E-state index in [9.17, 15) is 13.2 Å². The maximum absolute atomic E-state index is 12.2. The first-order valence-corrected chi connectivity index (χ1v) is 10.5. The quantitative estimate of drug-likeness (QED) is 0.630. The molecule has 8 nitrogen and oxygen atoms in total. The molecule has 0 aliphatic heterocycles. The van der Waals surface area contributed by atoms with Crippen LogP contribution in [0.1, 0.15) is 19.4 Å². The molecule has 2 aromatic carbocycles. The molecule has 3 rings (SSSR count). The first-order chi connectivity index (χ1) is 13.8. The van der Waals surface area contributed by atoms with Crippen LogP contribution >= 0.6 is 0 Å². The van der Waals surface area contributed by atoms with Crippen LogP contribution in [-0.4, -0.2) is 36.4 Å². The van der Waals surface area contributed by atoms with Crippen molar-refractivity contribution in [1.82, 2.24) is 10.2 Å². The molecular formula is C20H21N3O5S. The lowest BCUT2D eigenvalue weighted by molar-refractivity contribution is -0.118. The molecule has 0 saturated carbocycles. The minimum Gasteiger partial charge on any atom is -0.483 e. The van der Waals surface area contributed by atoms with Crippen molar-refractivity contribution in [2.24, 2.45) is 0 Å². The molecule has 0 fully saturated rings. The minimum absolute atomic E-state index is 0.0720. The van der Waals surface area contributed by atoms with Gasteiger partial charge in [0, 0.05) is 5.56 Å². The molecule has 0 atom stereocenters. The number of aryl methyl sites for hydroxylation is 1. The van der Waals surface area contributed by atoms with Crippen molar-refractivity contribution in [3.05, 3.63) is 54.1 Å². The van der Waals surface area contributed by atoms with Crippen LogP contribution in [0.4, 0.5) is 6.01 Å². The average Bonchev–Trinajstić information content (AvgIpc) is 3.15. The number of amides is 1. The average molecular weight is 415 g/mol. The minimum atomic E-state index is -3.36. The summed E-state index contributed by atoms with van der Waals surface area (Å²) in [5, 5.41) is 9.62. The maximum atomic E-state index is 12.2. The number of hydrogen-bond donors (Lipinski definition) is 1. The molecule has 9 heteroatoms. The van der Waals surface area contributed by atoms with Gasteiger partial charge in [-0.1, -0.05) is 23.3 Å². The summed E-state index contributed by atoms with van der Waals surface area (Å²) < 4.78 is 35.3. The summed E-state index contributed by atoms with van der Waals surface area (Å²) in [7, 11) is -3.36. The summed E-state index contributed by atoms with van der Waals surface area (Å²) in [5.41, 5.74) is 1.46.